The minimum Gasteiger partial charge on any atom is -0.372 e. The molecule has 2 rings (SSSR count). The average molecular weight is 366 g/mol. The van der Waals surface area contributed by atoms with Gasteiger partial charge in [-0.2, -0.15) is 0 Å². The number of hydrogen-bond donors (Lipinski definition) is 1. The second-order valence-electron chi connectivity index (χ2n) is 5.82. The van der Waals surface area contributed by atoms with Crippen LogP contribution in [0.3, 0.4) is 0 Å². The van der Waals surface area contributed by atoms with Crippen LogP contribution in [0.4, 0.5) is 11.4 Å². The normalized spacial score (nSPS) is 10.8. The van der Waals surface area contributed by atoms with Crippen molar-refractivity contribution in [1.29, 1.82) is 0 Å². The van der Waals surface area contributed by atoms with E-state index in [2.05, 4.69) is 10.2 Å². The molecule has 0 saturated carbocycles. The molecule has 0 radical (unpaired) electrons. The van der Waals surface area contributed by atoms with Crippen molar-refractivity contribution < 1.29 is 4.79 Å². The minimum atomic E-state index is -0.245. The summed E-state index contributed by atoms with van der Waals surface area (Å²) in [7, 11) is 6.00. The molecule has 24 heavy (non-hydrogen) atoms. The van der Waals surface area contributed by atoms with Crippen molar-refractivity contribution in [3.63, 3.8) is 0 Å². The number of anilines is 2. The van der Waals surface area contributed by atoms with Gasteiger partial charge in [0.1, 0.15) is 0 Å². The Labute approximate surface area is 153 Å². The number of nitrogens with zero attached hydrogens (tertiary/aromatic N) is 2. The molecule has 0 fully saturated rings. The van der Waals surface area contributed by atoms with Crippen LogP contribution in [0.2, 0.25) is 10.0 Å². The molecular weight excluding hydrogens is 345 g/mol. The first-order valence-electron chi connectivity index (χ1n) is 7.60. The van der Waals surface area contributed by atoms with Gasteiger partial charge in [-0.05, 0) is 50.5 Å². The number of likely N-dealkylation sites (N-methyl/N-ethyl adjacent to an activating group) is 2. The Kier molecular flexibility index (Phi) is 6.49. The maximum Gasteiger partial charge on any atom is 0.257 e. The summed E-state index contributed by atoms with van der Waals surface area (Å²) in [6.07, 6.45) is 0. The number of carbonyl (C=O) groups is 1. The van der Waals surface area contributed by atoms with Crippen LogP contribution in [0, 0.1) is 0 Å². The van der Waals surface area contributed by atoms with Gasteiger partial charge in [0.2, 0.25) is 0 Å². The van der Waals surface area contributed by atoms with Gasteiger partial charge >= 0.3 is 0 Å². The molecule has 6 heteroatoms. The predicted octanol–water partition coefficient (Wildman–Crippen LogP) is 4.24. The smallest absolute Gasteiger partial charge is 0.257 e. The quantitative estimate of drug-likeness (QED) is 0.831. The van der Waals surface area contributed by atoms with Gasteiger partial charge in [-0.25, -0.2) is 0 Å². The van der Waals surface area contributed by atoms with Crippen LogP contribution in [0.15, 0.2) is 42.5 Å². The van der Waals surface area contributed by atoms with E-state index in [0.717, 1.165) is 18.8 Å². The van der Waals surface area contributed by atoms with Crippen LogP contribution in [0.5, 0.6) is 0 Å². The van der Waals surface area contributed by atoms with E-state index >= 15 is 0 Å². The Bertz CT molecular complexity index is 702. The molecule has 1 amide bonds. The third-order valence-electron chi connectivity index (χ3n) is 3.62. The third kappa shape index (κ3) is 4.87. The first-order chi connectivity index (χ1) is 11.4. The predicted molar refractivity (Wildman–Crippen MR) is 103 cm³/mol. The van der Waals surface area contributed by atoms with Crippen LogP contribution < -0.4 is 10.2 Å². The fourth-order valence-corrected chi connectivity index (χ4v) is 2.67. The largest absolute Gasteiger partial charge is 0.372 e. The lowest BCUT2D eigenvalue weighted by Crippen LogP contribution is -2.29. The van der Waals surface area contributed by atoms with E-state index in [4.69, 9.17) is 23.2 Å². The molecule has 0 atom stereocenters. The Balaban J connectivity index is 2.16. The molecule has 0 heterocycles. The lowest BCUT2D eigenvalue weighted by molar-refractivity contribution is 0.102. The Morgan fingerprint density at radius 3 is 2.29 bits per heavy atom. The molecule has 0 aliphatic rings. The highest BCUT2D eigenvalue weighted by Gasteiger charge is 2.16. The molecule has 128 valence electrons. The summed E-state index contributed by atoms with van der Waals surface area (Å²) in [5.74, 6) is -0.245. The highest BCUT2D eigenvalue weighted by Crippen LogP contribution is 2.29. The van der Waals surface area contributed by atoms with E-state index in [1.165, 1.54) is 0 Å². The van der Waals surface area contributed by atoms with Gasteiger partial charge in [0.25, 0.3) is 5.91 Å². The SMILES string of the molecule is CN(C)CCN(C)c1cccc(C(=O)Nc2ccc(Cl)cc2)c1Cl. The van der Waals surface area contributed by atoms with Gasteiger partial charge in [0, 0.05) is 30.8 Å². The van der Waals surface area contributed by atoms with E-state index in [1.807, 2.05) is 38.2 Å². The van der Waals surface area contributed by atoms with Gasteiger partial charge in [0.05, 0.1) is 16.3 Å². The number of carbonyl (C=O) groups excluding carboxylic acids is 1. The molecule has 0 saturated heterocycles. The summed E-state index contributed by atoms with van der Waals surface area (Å²) in [6, 6.07) is 12.4. The zero-order chi connectivity index (χ0) is 17.7. The van der Waals surface area contributed by atoms with Gasteiger partial charge in [-0.1, -0.05) is 29.3 Å². The summed E-state index contributed by atoms with van der Waals surface area (Å²) in [6.45, 7) is 1.71. The van der Waals surface area contributed by atoms with Gasteiger partial charge in [0.15, 0.2) is 0 Å². The standard InChI is InChI=1S/C18H21Cl2N3O/c1-22(2)11-12-23(3)16-6-4-5-15(17(16)20)18(24)21-14-9-7-13(19)8-10-14/h4-10H,11-12H2,1-3H3,(H,21,24). The molecule has 0 bridgehead atoms. The van der Waals surface area contributed by atoms with E-state index < -0.39 is 0 Å². The van der Waals surface area contributed by atoms with Crippen LogP contribution >= 0.6 is 23.2 Å². The van der Waals surface area contributed by atoms with Gasteiger partial charge in [-0.15, -0.1) is 0 Å². The van der Waals surface area contributed by atoms with Crippen molar-refractivity contribution in [1.82, 2.24) is 4.90 Å². The Hall–Kier alpha value is -1.75. The summed E-state index contributed by atoms with van der Waals surface area (Å²) >= 11 is 12.3. The lowest BCUT2D eigenvalue weighted by Gasteiger charge is -2.23. The second kappa shape index (κ2) is 8.38. The highest BCUT2D eigenvalue weighted by atomic mass is 35.5. The molecule has 1 N–H and O–H groups in total. The lowest BCUT2D eigenvalue weighted by atomic mass is 10.1. The topological polar surface area (TPSA) is 35.6 Å². The average Bonchev–Trinajstić information content (AvgIpc) is 2.54. The first-order valence-corrected chi connectivity index (χ1v) is 8.35. The minimum absolute atomic E-state index is 0.245. The van der Waals surface area contributed by atoms with Crippen molar-refractivity contribution >= 4 is 40.5 Å². The Morgan fingerprint density at radius 1 is 1.00 bits per heavy atom. The fourth-order valence-electron chi connectivity index (χ4n) is 2.19. The van der Waals surface area contributed by atoms with Crippen molar-refractivity contribution in [2.45, 2.75) is 0 Å². The van der Waals surface area contributed by atoms with E-state index in [1.54, 1.807) is 30.3 Å². The van der Waals surface area contributed by atoms with Crippen LogP contribution in [-0.2, 0) is 0 Å². The van der Waals surface area contributed by atoms with Gasteiger partial charge < -0.3 is 15.1 Å². The maximum atomic E-state index is 12.5. The fraction of sp³-hybridized carbons (Fsp3) is 0.278. The number of halogens is 2. The molecule has 0 aliphatic heterocycles. The van der Waals surface area contributed by atoms with Gasteiger partial charge in [-0.3, -0.25) is 4.79 Å². The molecule has 0 aromatic heterocycles. The molecular formula is C18H21Cl2N3O. The number of rotatable bonds is 6. The number of hydrogen-bond acceptors (Lipinski definition) is 3. The Morgan fingerprint density at radius 2 is 1.67 bits per heavy atom. The van der Waals surface area contributed by atoms with E-state index in [0.29, 0.717) is 21.3 Å². The van der Waals surface area contributed by atoms with Crippen molar-refractivity contribution in [2.75, 3.05) is 44.4 Å². The molecule has 0 aliphatic carbocycles. The second-order valence-corrected chi connectivity index (χ2v) is 6.64. The summed E-state index contributed by atoms with van der Waals surface area (Å²) in [5.41, 5.74) is 1.95. The van der Waals surface area contributed by atoms with Crippen molar-refractivity contribution in [3.8, 4) is 0 Å². The molecule has 2 aromatic carbocycles. The van der Waals surface area contributed by atoms with Crippen molar-refractivity contribution in [2.24, 2.45) is 0 Å². The number of nitrogens with one attached hydrogen (secondary N) is 1. The first kappa shape index (κ1) is 18.6. The third-order valence-corrected chi connectivity index (χ3v) is 4.27. The summed E-state index contributed by atoms with van der Waals surface area (Å²) in [5, 5.41) is 3.90. The molecule has 4 nitrogen and oxygen atoms in total. The maximum absolute atomic E-state index is 12.5. The zero-order valence-corrected chi connectivity index (χ0v) is 15.5. The number of benzene rings is 2. The number of amides is 1. The van der Waals surface area contributed by atoms with Crippen LogP contribution in [-0.4, -0.2) is 45.0 Å². The zero-order valence-electron chi connectivity index (χ0n) is 14.0. The van der Waals surface area contributed by atoms with Crippen molar-refractivity contribution in [3.05, 3.63) is 58.1 Å². The molecule has 0 unspecified atom stereocenters. The molecule has 2 aromatic rings. The van der Waals surface area contributed by atoms with Crippen LogP contribution in [0.25, 0.3) is 0 Å². The van der Waals surface area contributed by atoms with E-state index in [-0.39, 0.29) is 5.91 Å². The van der Waals surface area contributed by atoms with E-state index in [9.17, 15) is 4.79 Å². The molecule has 0 spiro atoms. The van der Waals surface area contributed by atoms with Crippen LogP contribution in [0.1, 0.15) is 10.4 Å². The highest BCUT2D eigenvalue weighted by molar-refractivity contribution is 6.37. The summed E-state index contributed by atoms with van der Waals surface area (Å²) in [4.78, 5) is 16.6. The monoisotopic (exact) mass is 365 g/mol. The summed E-state index contributed by atoms with van der Waals surface area (Å²) < 4.78 is 0.